The first-order chi connectivity index (χ1) is 11.5. The van der Waals surface area contributed by atoms with Crippen molar-refractivity contribution in [1.29, 1.82) is 0 Å². The van der Waals surface area contributed by atoms with Crippen LogP contribution in [0.5, 0.6) is 0 Å². The summed E-state index contributed by atoms with van der Waals surface area (Å²) in [5.74, 6) is 0.756. The molecule has 1 atom stereocenters. The average Bonchev–Trinajstić information content (AvgIpc) is 3.26. The Morgan fingerprint density at radius 3 is 2.75 bits per heavy atom. The summed E-state index contributed by atoms with van der Waals surface area (Å²) in [5, 5.41) is 16.9. The van der Waals surface area contributed by atoms with Gasteiger partial charge in [-0.3, -0.25) is 4.79 Å². The van der Waals surface area contributed by atoms with Crippen LogP contribution >= 0.6 is 0 Å². The number of rotatable bonds is 6. The number of carbonyl (C=O) groups is 1. The molecule has 0 spiro atoms. The highest BCUT2D eigenvalue weighted by molar-refractivity contribution is 5.78. The number of hydrogen-bond donors (Lipinski definition) is 2. The number of aliphatic hydroxyl groups is 1. The van der Waals surface area contributed by atoms with Crippen LogP contribution < -0.4 is 5.32 Å². The second kappa shape index (κ2) is 6.72. The molecule has 6 nitrogen and oxygen atoms in total. The summed E-state index contributed by atoms with van der Waals surface area (Å²) in [5.41, 5.74) is 0.166. The van der Waals surface area contributed by atoms with E-state index in [4.69, 9.17) is 8.94 Å². The molecule has 1 amide bonds. The molecule has 0 saturated carbocycles. The second-order valence-electron chi connectivity index (χ2n) is 5.75. The summed E-state index contributed by atoms with van der Waals surface area (Å²) < 4.78 is 10.4. The van der Waals surface area contributed by atoms with Gasteiger partial charge in [-0.2, -0.15) is 0 Å². The topological polar surface area (TPSA) is 88.5 Å². The largest absolute Gasteiger partial charge is 0.466 e. The Balaban J connectivity index is 1.57. The van der Waals surface area contributed by atoms with Gasteiger partial charge in [0.1, 0.15) is 11.4 Å². The van der Waals surface area contributed by atoms with Crippen molar-refractivity contribution in [3.05, 3.63) is 66.2 Å². The lowest BCUT2D eigenvalue weighted by molar-refractivity contribution is -0.121. The number of aromatic nitrogens is 1. The van der Waals surface area contributed by atoms with Crippen LogP contribution in [-0.4, -0.2) is 22.7 Å². The molecule has 2 heterocycles. The zero-order valence-electron chi connectivity index (χ0n) is 13.2. The maximum atomic E-state index is 12.0. The highest BCUT2D eigenvalue weighted by atomic mass is 16.5. The number of hydrogen-bond acceptors (Lipinski definition) is 5. The molecule has 24 heavy (non-hydrogen) atoms. The minimum Gasteiger partial charge on any atom is -0.466 e. The molecule has 2 N–H and O–H groups in total. The third-order valence-electron chi connectivity index (χ3n) is 3.64. The van der Waals surface area contributed by atoms with Crippen LogP contribution in [0.2, 0.25) is 0 Å². The Labute approximate surface area is 139 Å². The van der Waals surface area contributed by atoms with E-state index in [9.17, 15) is 9.90 Å². The van der Waals surface area contributed by atoms with Crippen molar-refractivity contribution in [1.82, 2.24) is 10.5 Å². The van der Waals surface area contributed by atoms with Crippen molar-refractivity contribution in [3.8, 4) is 11.3 Å². The first-order valence-corrected chi connectivity index (χ1v) is 7.59. The normalized spacial score (nSPS) is 13.4. The highest BCUT2D eigenvalue weighted by Crippen LogP contribution is 2.21. The predicted octanol–water partition coefficient (Wildman–Crippen LogP) is 2.50. The van der Waals surface area contributed by atoms with Crippen molar-refractivity contribution in [3.63, 3.8) is 0 Å². The molecule has 0 bridgehead atoms. The second-order valence-corrected chi connectivity index (χ2v) is 5.75. The summed E-state index contributed by atoms with van der Waals surface area (Å²) in [6.07, 6.45) is 1.55. The third-order valence-corrected chi connectivity index (χ3v) is 3.64. The Hall–Kier alpha value is -2.86. The van der Waals surface area contributed by atoms with Crippen LogP contribution in [0.4, 0.5) is 0 Å². The molecule has 3 aromatic rings. The summed E-state index contributed by atoms with van der Waals surface area (Å²) in [6, 6.07) is 14.6. The fourth-order valence-electron chi connectivity index (χ4n) is 2.30. The lowest BCUT2D eigenvalue weighted by Crippen LogP contribution is -2.39. The van der Waals surface area contributed by atoms with Gasteiger partial charge in [-0.15, -0.1) is 0 Å². The van der Waals surface area contributed by atoms with Gasteiger partial charge in [-0.25, -0.2) is 0 Å². The molecule has 124 valence electrons. The zero-order chi connectivity index (χ0) is 17.0. The molecule has 0 fully saturated rings. The van der Waals surface area contributed by atoms with E-state index >= 15 is 0 Å². The summed E-state index contributed by atoms with van der Waals surface area (Å²) >= 11 is 0. The first kappa shape index (κ1) is 16.0. The molecule has 1 unspecified atom stereocenters. The lowest BCUT2D eigenvalue weighted by Gasteiger charge is -2.20. The van der Waals surface area contributed by atoms with Gasteiger partial charge in [0.25, 0.3) is 0 Å². The molecule has 3 rings (SSSR count). The minimum absolute atomic E-state index is 0.0444. The van der Waals surface area contributed by atoms with Gasteiger partial charge >= 0.3 is 0 Å². The van der Waals surface area contributed by atoms with Crippen LogP contribution in [0.1, 0.15) is 18.4 Å². The molecule has 0 aliphatic heterocycles. The van der Waals surface area contributed by atoms with Gasteiger partial charge in [0.05, 0.1) is 24.9 Å². The SMILES string of the molecule is CC(O)(CNC(=O)Cc1cc(-c2ccccc2)on1)c1ccco1. The maximum Gasteiger partial charge on any atom is 0.226 e. The number of nitrogens with zero attached hydrogens (tertiary/aromatic N) is 1. The quantitative estimate of drug-likeness (QED) is 0.726. The fraction of sp³-hybridized carbons (Fsp3) is 0.222. The van der Waals surface area contributed by atoms with Gasteiger partial charge in [-0.05, 0) is 19.1 Å². The van der Waals surface area contributed by atoms with E-state index in [1.165, 1.54) is 6.26 Å². The van der Waals surface area contributed by atoms with E-state index in [2.05, 4.69) is 10.5 Å². The lowest BCUT2D eigenvalue weighted by atomic mass is 10.0. The smallest absolute Gasteiger partial charge is 0.226 e. The van der Waals surface area contributed by atoms with E-state index < -0.39 is 5.60 Å². The zero-order valence-corrected chi connectivity index (χ0v) is 13.2. The minimum atomic E-state index is -1.27. The van der Waals surface area contributed by atoms with E-state index in [1.54, 1.807) is 25.1 Å². The Kier molecular flexibility index (Phi) is 4.48. The van der Waals surface area contributed by atoms with Crippen molar-refractivity contribution in [2.45, 2.75) is 18.9 Å². The molecule has 6 heteroatoms. The number of benzene rings is 1. The Morgan fingerprint density at radius 2 is 2.04 bits per heavy atom. The summed E-state index contributed by atoms with van der Waals surface area (Å²) in [4.78, 5) is 12.0. The van der Waals surface area contributed by atoms with Crippen LogP contribution in [0.15, 0.2) is 63.7 Å². The van der Waals surface area contributed by atoms with Crippen LogP contribution in [0, 0.1) is 0 Å². The molecule has 0 aliphatic rings. The molecule has 1 aromatic carbocycles. The molecule has 0 radical (unpaired) electrons. The van der Waals surface area contributed by atoms with E-state index in [1.807, 2.05) is 30.3 Å². The van der Waals surface area contributed by atoms with E-state index in [0.717, 1.165) is 5.56 Å². The third kappa shape index (κ3) is 3.72. The Bertz CT molecular complexity index is 792. The van der Waals surface area contributed by atoms with Crippen LogP contribution in [-0.2, 0) is 16.8 Å². The number of furan rings is 1. The van der Waals surface area contributed by atoms with E-state index in [0.29, 0.717) is 17.2 Å². The van der Waals surface area contributed by atoms with Crippen LogP contribution in [0.25, 0.3) is 11.3 Å². The van der Waals surface area contributed by atoms with Crippen molar-refractivity contribution in [2.24, 2.45) is 0 Å². The van der Waals surface area contributed by atoms with Gasteiger partial charge in [0.15, 0.2) is 5.76 Å². The first-order valence-electron chi connectivity index (χ1n) is 7.59. The van der Waals surface area contributed by atoms with Gasteiger partial charge in [-0.1, -0.05) is 35.5 Å². The predicted molar refractivity (Wildman–Crippen MR) is 86.9 cm³/mol. The molecular weight excluding hydrogens is 308 g/mol. The number of carbonyl (C=O) groups excluding carboxylic acids is 1. The van der Waals surface area contributed by atoms with E-state index in [-0.39, 0.29) is 18.9 Å². The van der Waals surface area contributed by atoms with Crippen molar-refractivity contribution in [2.75, 3.05) is 6.54 Å². The van der Waals surface area contributed by atoms with Crippen LogP contribution in [0.3, 0.4) is 0 Å². The monoisotopic (exact) mass is 326 g/mol. The molecule has 2 aromatic heterocycles. The number of amides is 1. The number of nitrogens with one attached hydrogen (secondary N) is 1. The highest BCUT2D eigenvalue weighted by Gasteiger charge is 2.26. The van der Waals surface area contributed by atoms with Gasteiger partial charge in [0, 0.05) is 11.6 Å². The molecular formula is C18H18N2O4. The summed E-state index contributed by atoms with van der Waals surface area (Å²) in [6.45, 7) is 1.62. The summed E-state index contributed by atoms with van der Waals surface area (Å²) in [7, 11) is 0. The Morgan fingerprint density at radius 1 is 1.25 bits per heavy atom. The average molecular weight is 326 g/mol. The van der Waals surface area contributed by atoms with Crippen molar-refractivity contribution < 1.29 is 18.8 Å². The van der Waals surface area contributed by atoms with Crippen molar-refractivity contribution >= 4 is 5.91 Å². The van der Waals surface area contributed by atoms with Gasteiger partial charge < -0.3 is 19.4 Å². The standard InChI is InChI=1S/C18H18N2O4/c1-18(22,16-8-5-9-23-16)12-19-17(21)11-14-10-15(24-20-14)13-6-3-2-4-7-13/h2-10,22H,11-12H2,1H3,(H,19,21). The fourth-order valence-corrected chi connectivity index (χ4v) is 2.30. The molecule has 0 aliphatic carbocycles. The van der Waals surface area contributed by atoms with Gasteiger partial charge in [0.2, 0.25) is 5.91 Å². The molecule has 0 saturated heterocycles. The maximum absolute atomic E-state index is 12.0.